The molecule has 11 aromatic carbocycles. The molecule has 0 aliphatic carbocycles. The summed E-state index contributed by atoms with van der Waals surface area (Å²) in [6, 6.07) is 94.2. The molecule has 0 radical (unpaired) electrons. The molecule has 3 heterocycles. The molecule has 14 aromatic rings. The Labute approximate surface area is 414 Å². The van der Waals surface area contributed by atoms with E-state index in [1.165, 1.54) is 58.7 Å². The Morgan fingerprint density at radius 1 is 0.352 bits per heavy atom. The third kappa shape index (κ3) is 6.81. The van der Waals surface area contributed by atoms with E-state index in [-0.39, 0.29) is 0 Å². The second-order valence-electron chi connectivity index (χ2n) is 18.1. The quantitative estimate of drug-likeness (QED) is 0.144. The molecule has 0 fully saturated rings. The molecule has 0 atom stereocenters. The average Bonchev–Trinajstić information content (AvgIpc) is 4.12. The van der Waals surface area contributed by atoms with Crippen LogP contribution in [0.4, 0.5) is 34.1 Å². The number of anilines is 6. The van der Waals surface area contributed by atoms with Crippen molar-refractivity contribution >= 4 is 109 Å². The fourth-order valence-corrected chi connectivity index (χ4v) is 12.1. The Morgan fingerprint density at radius 2 is 0.915 bits per heavy atom. The summed E-state index contributed by atoms with van der Waals surface area (Å²) in [7, 11) is 0. The molecule has 0 N–H and O–H groups in total. The van der Waals surface area contributed by atoms with Crippen LogP contribution in [0.25, 0.3) is 91.9 Å². The second kappa shape index (κ2) is 16.8. The zero-order chi connectivity index (χ0) is 46.8. The molecule has 0 spiro atoms. The summed E-state index contributed by atoms with van der Waals surface area (Å²) >= 11 is 1.88. The van der Waals surface area contributed by atoms with Crippen LogP contribution in [0.2, 0.25) is 0 Å². The van der Waals surface area contributed by atoms with E-state index in [1.54, 1.807) is 0 Å². The molecule has 0 bridgehead atoms. The van der Waals surface area contributed by atoms with Gasteiger partial charge in [0.05, 0.1) is 22.1 Å². The molecule has 71 heavy (non-hydrogen) atoms. The van der Waals surface area contributed by atoms with Gasteiger partial charge in [0, 0.05) is 76.0 Å². The average molecular weight is 926 g/mol. The first-order valence-corrected chi connectivity index (χ1v) is 24.9. The topological polar surface area (TPSA) is 24.6 Å². The summed E-state index contributed by atoms with van der Waals surface area (Å²) in [5.74, 6) is 0. The van der Waals surface area contributed by atoms with Crippen LogP contribution in [-0.2, 0) is 0 Å². The van der Waals surface area contributed by atoms with Crippen LogP contribution in [0.5, 0.6) is 0 Å². The van der Waals surface area contributed by atoms with Crippen LogP contribution in [0.1, 0.15) is 0 Å². The van der Waals surface area contributed by atoms with Crippen LogP contribution in [0.15, 0.2) is 265 Å². The lowest BCUT2D eigenvalue weighted by Crippen LogP contribution is -2.14. The van der Waals surface area contributed by atoms with E-state index in [0.717, 1.165) is 67.3 Å². The molecule has 0 aliphatic rings. The summed E-state index contributed by atoms with van der Waals surface area (Å²) in [5, 5.41) is 7.09. The van der Waals surface area contributed by atoms with Crippen LogP contribution < -0.4 is 9.80 Å². The highest BCUT2D eigenvalue weighted by Crippen LogP contribution is 2.51. The predicted molar refractivity (Wildman–Crippen MR) is 301 cm³/mol. The van der Waals surface area contributed by atoms with Crippen molar-refractivity contribution in [3.63, 3.8) is 0 Å². The number of thiophene rings is 1. The van der Waals surface area contributed by atoms with Crippen molar-refractivity contribution in [2.45, 2.75) is 0 Å². The van der Waals surface area contributed by atoms with E-state index < -0.39 is 0 Å². The molecule has 0 aliphatic heterocycles. The lowest BCUT2D eigenvalue weighted by molar-refractivity contribution is 0.669. The van der Waals surface area contributed by atoms with Gasteiger partial charge >= 0.3 is 0 Å². The summed E-state index contributed by atoms with van der Waals surface area (Å²) in [4.78, 5) is 4.82. The zero-order valence-electron chi connectivity index (χ0n) is 38.5. The minimum atomic E-state index is 0.845. The van der Waals surface area contributed by atoms with E-state index >= 15 is 0 Å². The van der Waals surface area contributed by atoms with Gasteiger partial charge in [-0.2, -0.15) is 0 Å². The number of fused-ring (bicyclic) bond motifs is 10. The van der Waals surface area contributed by atoms with Crippen molar-refractivity contribution in [3.8, 4) is 27.9 Å². The molecule has 0 unspecified atom stereocenters. The van der Waals surface area contributed by atoms with Gasteiger partial charge in [0.25, 0.3) is 0 Å². The normalized spacial score (nSPS) is 11.7. The van der Waals surface area contributed by atoms with Gasteiger partial charge in [0.1, 0.15) is 11.2 Å². The van der Waals surface area contributed by atoms with Gasteiger partial charge in [0.15, 0.2) is 0 Å². The minimum absolute atomic E-state index is 0.845. The molecule has 0 amide bonds. The van der Waals surface area contributed by atoms with Gasteiger partial charge in [0.2, 0.25) is 0 Å². The molecule has 0 saturated carbocycles. The molecule has 334 valence electrons. The van der Waals surface area contributed by atoms with Crippen molar-refractivity contribution in [2.24, 2.45) is 0 Å². The monoisotopic (exact) mass is 925 g/mol. The van der Waals surface area contributed by atoms with Crippen molar-refractivity contribution < 1.29 is 4.42 Å². The van der Waals surface area contributed by atoms with Crippen molar-refractivity contribution in [1.29, 1.82) is 0 Å². The second-order valence-corrected chi connectivity index (χ2v) is 19.1. The van der Waals surface area contributed by atoms with Crippen LogP contribution in [0, 0.1) is 0 Å². The maximum atomic E-state index is 6.58. The number of nitrogens with zero attached hydrogens (tertiary/aromatic N) is 3. The Hall–Kier alpha value is -9.16. The predicted octanol–water partition coefficient (Wildman–Crippen LogP) is 19.3. The zero-order valence-corrected chi connectivity index (χ0v) is 39.3. The third-order valence-electron chi connectivity index (χ3n) is 13.9. The standard InChI is InChI=1S/C66H43N3OS/c1-5-20-44(21-6-1)45-36-38-50(39-37-45)67(47-22-7-2-8-23-47)51-40-46(41-52(42-51)68(48-24-9-3-10-25-48)59-32-19-34-61-63(59)54-29-14-17-33-60(54)70-61)56-43-57-53-28-13-16-31-58(53)69(49-26-11-4-12-27-49)65(57)64-55-30-15-18-35-62(55)71-66(56)64/h1-43H. The molecule has 3 aromatic heterocycles. The minimum Gasteiger partial charge on any atom is -0.456 e. The number of furan rings is 1. The highest BCUT2D eigenvalue weighted by atomic mass is 32.1. The summed E-state index contributed by atoms with van der Waals surface area (Å²) < 4.78 is 11.6. The van der Waals surface area contributed by atoms with E-state index in [0.29, 0.717) is 0 Å². The van der Waals surface area contributed by atoms with Gasteiger partial charge in [-0.25, -0.2) is 0 Å². The number of hydrogen-bond donors (Lipinski definition) is 0. The highest BCUT2D eigenvalue weighted by Gasteiger charge is 2.26. The lowest BCUT2D eigenvalue weighted by Gasteiger charge is -2.31. The molecule has 0 saturated heterocycles. The molecule has 14 rings (SSSR count). The number of rotatable bonds is 9. The third-order valence-corrected chi connectivity index (χ3v) is 15.1. The fourth-order valence-electron chi connectivity index (χ4n) is 10.8. The van der Waals surface area contributed by atoms with Gasteiger partial charge in [-0.1, -0.05) is 158 Å². The molecule has 5 heteroatoms. The summed E-state index contributed by atoms with van der Waals surface area (Å²) in [6.45, 7) is 0. The number of hydrogen-bond acceptors (Lipinski definition) is 4. The first-order valence-electron chi connectivity index (χ1n) is 24.1. The maximum Gasteiger partial charge on any atom is 0.137 e. The summed E-state index contributed by atoms with van der Waals surface area (Å²) in [6.07, 6.45) is 0. The van der Waals surface area contributed by atoms with Gasteiger partial charge < -0.3 is 18.8 Å². The van der Waals surface area contributed by atoms with Crippen LogP contribution in [0.3, 0.4) is 0 Å². The van der Waals surface area contributed by atoms with Gasteiger partial charge in [-0.15, -0.1) is 11.3 Å². The SMILES string of the molecule is c1ccc(-c2ccc(N(c3ccccc3)c3cc(-c4cc5c6ccccc6n(-c6ccccc6)c5c5c4sc4ccccc45)cc(N(c4ccccc4)c4cccc5oc6ccccc6c45)c3)cc2)cc1. The van der Waals surface area contributed by atoms with Crippen LogP contribution in [-0.4, -0.2) is 4.57 Å². The maximum absolute atomic E-state index is 6.58. The largest absolute Gasteiger partial charge is 0.456 e. The van der Waals surface area contributed by atoms with Crippen molar-refractivity contribution in [3.05, 3.63) is 261 Å². The Kier molecular flexibility index (Phi) is 9.68. The molecule has 4 nitrogen and oxygen atoms in total. The molecular formula is C66H43N3OS. The summed E-state index contributed by atoms with van der Waals surface area (Å²) in [5.41, 5.74) is 16.1. The fraction of sp³-hybridized carbons (Fsp3) is 0. The number of para-hydroxylation sites is 5. The number of benzene rings is 11. The first-order chi connectivity index (χ1) is 35.2. The van der Waals surface area contributed by atoms with Gasteiger partial charge in [-0.05, 0) is 120 Å². The van der Waals surface area contributed by atoms with E-state index in [1.807, 2.05) is 17.4 Å². The van der Waals surface area contributed by atoms with Crippen molar-refractivity contribution in [2.75, 3.05) is 9.80 Å². The van der Waals surface area contributed by atoms with Gasteiger partial charge in [-0.3, -0.25) is 0 Å². The smallest absolute Gasteiger partial charge is 0.137 e. The lowest BCUT2D eigenvalue weighted by atomic mass is 9.97. The van der Waals surface area contributed by atoms with Crippen LogP contribution >= 0.6 is 11.3 Å². The Balaban J connectivity index is 1.10. The Bertz CT molecular complexity index is 4270. The number of aromatic nitrogens is 1. The van der Waals surface area contributed by atoms with E-state index in [9.17, 15) is 0 Å². The molecular weight excluding hydrogens is 883 g/mol. The Morgan fingerprint density at radius 3 is 1.66 bits per heavy atom. The first kappa shape index (κ1) is 40.9. The highest BCUT2D eigenvalue weighted by molar-refractivity contribution is 7.26. The van der Waals surface area contributed by atoms with E-state index in [4.69, 9.17) is 4.42 Å². The van der Waals surface area contributed by atoms with Crippen molar-refractivity contribution in [1.82, 2.24) is 4.57 Å². The van der Waals surface area contributed by atoms with E-state index in [2.05, 4.69) is 269 Å².